The van der Waals surface area contributed by atoms with Gasteiger partial charge >= 0.3 is 0 Å². The predicted octanol–water partition coefficient (Wildman–Crippen LogP) is 4.51. The van der Waals surface area contributed by atoms with E-state index < -0.39 is 33.1 Å². The van der Waals surface area contributed by atoms with Gasteiger partial charge in [0.15, 0.2) is 0 Å². The molecule has 3 rings (SSSR count). The number of nitro groups is 1. The third-order valence-electron chi connectivity index (χ3n) is 5.58. The monoisotopic (exact) mass is 479 g/mol. The van der Waals surface area contributed by atoms with Gasteiger partial charge in [-0.3, -0.25) is 19.2 Å². The lowest BCUT2D eigenvalue weighted by atomic mass is 9.95. The summed E-state index contributed by atoms with van der Waals surface area (Å²) in [4.78, 5) is 23.1. The van der Waals surface area contributed by atoms with Crippen LogP contribution in [-0.4, -0.2) is 31.8 Å². The Morgan fingerprint density at radius 1 is 1.16 bits per heavy atom. The van der Waals surface area contributed by atoms with Crippen molar-refractivity contribution >= 4 is 38.9 Å². The quantitative estimate of drug-likeness (QED) is 0.464. The van der Waals surface area contributed by atoms with Gasteiger partial charge in [0.25, 0.3) is 15.7 Å². The number of halogens is 1. The van der Waals surface area contributed by atoms with E-state index in [1.54, 1.807) is 19.1 Å². The van der Waals surface area contributed by atoms with E-state index in [9.17, 15) is 23.3 Å². The minimum absolute atomic E-state index is 0.0246. The topological polar surface area (TPSA) is 110 Å². The summed E-state index contributed by atoms with van der Waals surface area (Å²) < 4.78 is 28.1. The largest absolute Gasteiger partial charge is 0.352 e. The molecule has 0 spiro atoms. The van der Waals surface area contributed by atoms with Gasteiger partial charge in [-0.2, -0.15) is 0 Å². The molecule has 2 aromatic rings. The first kappa shape index (κ1) is 24.0. The second kappa shape index (κ2) is 9.87. The lowest BCUT2D eigenvalue weighted by Gasteiger charge is -2.28. The first-order valence-corrected chi connectivity index (χ1v) is 12.2. The Labute approximate surface area is 192 Å². The second-order valence-corrected chi connectivity index (χ2v) is 10.3. The summed E-state index contributed by atoms with van der Waals surface area (Å²) in [6, 6.07) is 8.55. The first-order chi connectivity index (χ1) is 15.1. The van der Waals surface area contributed by atoms with Crippen LogP contribution in [0.15, 0.2) is 41.3 Å². The number of sulfonamides is 1. The molecule has 1 aliphatic rings. The van der Waals surface area contributed by atoms with Crippen LogP contribution >= 0.6 is 11.6 Å². The minimum atomic E-state index is -4.29. The number of nitro benzene ring substituents is 1. The van der Waals surface area contributed by atoms with Crippen LogP contribution in [-0.2, 0) is 14.8 Å². The number of carbonyl (C=O) groups excluding carboxylic acids is 1. The minimum Gasteiger partial charge on any atom is -0.352 e. The Hall–Kier alpha value is -2.65. The maximum Gasteiger partial charge on any atom is 0.289 e. The fraction of sp³-hybridized carbons (Fsp3) is 0.409. The number of rotatable bonds is 7. The standard InChI is InChI=1S/C22H26ClN3O5S/c1-15-8-11-20(16(2)12-15)25(14-22(27)24-17-6-4-3-5-7-17)32(30,31)18-9-10-19(23)21(13-18)26(28)29/h8-13,17H,3-7,14H2,1-2H3,(H,24,27). The predicted molar refractivity (Wildman–Crippen MR) is 124 cm³/mol. The molecule has 32 heavy (non-hydrogen) atoms. The van der Waals surface area contributed by atoms with Gasteiger partial charge in [-0.15, -0.1) is 0 Å². The second-order valence-electron chi connectivity index (χ2n) is 8.07. The number of hydrogen-bond acceptors (Lipinski definition) is 5. The Morgan fingerprint density at radius 2 is 1.84 bits per heavy atom. The lowest BCUT2D eigenvalue weighted by Crippen LogP contribution is -2.45. The Morgan fingerprint density at radius 3 is 2.47 bits per heavy atom. The number of nitrogens with zero attached hydrogens (tertiary/aromatic N) is 2. The van der Waals surface area contributed by atoms with Crippen molar-refractivity contribution in [2.45, 2.75) is 56.9 Å². The summed E-state index contributed by atoms with van der Waals surface area (Å²) in [6.45, 7) is 3.21. The molecule has 1 N–H and O–H groups in total. The van der Waals surface area contributed by atoms with E-state index in [-0.39, 0.29) is 16.0 Å². The van der Waals surface area contributed by atoms with Crippen molar-refractivity contribution in [1.29, 1.82) is 0 Å². The molecular formula is C22H26ClN3O5S. The number of nitrogens with one attached hydrogen (secondary N) is 1. The average molecular weight is 480 g/mol. The van der Waals surface area contributed by atoms with Gasteiger partial charge in [-0.1, -0.05) is 48.6 Å². The molecular weight excluding hydrogens is 454 g/mol. The summed E-state index contributed by atoms with van der Waals surface area (Å²) in [6.07, 6.45) is 4.92. The van der Waals surface area contributed by atoms with Crippen LogP contribution in [0.3, 0.4) is 0 Å². The van der Waals surface area contributed by atoms with Gasteiger partial charge < -0.3 is 5.32 Å². The van der Waals surface area contributed by atoms with Gasteiger partial charge in [-0.25, -0.2) is 8.42 Å². The molecule has 10 heteroatoms. The summed E-state index contributed by atoms with van der Waals surface area (Å²) in [5.74, 6) is -0.413. The maximum atomic E-state index is 13.6. The Bertz CT molecular complexity index is 1130. The highest BCUT2D eigenvalue weighted by Gasteiger charge is 2.31. The molecule has 0 radical (unpaired) electrons. The van der Waals surface area contributed by atoms with Crippen LogP contribution in [0.4, 0.5) is 11.4 Å². The van der Waals surface area contributed by atoms with E-state index >= 15 is 0 Å². The number of benzene rings is 2. The molecule has 1 saturated carbocycles. The van der Waals surface area contributed by atoms with Crippen LogP contribution in [0.2, 0.25) is 5.02 Å². The highest BCUT2D eigenvalue weighted by atomic mass is 35.5. The molecule has 0 heterocycles. The van der Waals surface area contributed by atoms with E-state index in [0.29, 0.717) is 11.3 Å². The van der Waals surface area contributed by atoms with Crippen LogP contribution in [0.5, 0.6) is 0 Å². The Balaban J connectivity index is 2.00. The van der Waals surface area contributed by atoms with Crippen molar-refractivity contribution in [1.82, 2.24) is 5.32 Å². The summed E-state index contributed by atoms with van der Waals surface area (Å²) in [5.41, 5.74) is 1.44. The SMILES string of the molecule is Cc1ccc(N(CC(=O)NC2CCCCC2)S(=O)(=O)c2ccc(Cl)c([N+](=O)[O-])c2)c(C)c1. The number of carbonyl (C=O) groups is 1. The van der Waals surface area contributed by atoms with E-state index in [0.717, 1.165) is 48.0 Å². The molecule has 0 aromatic heterocycles. The van der Waals surface area contributed by atoms with Crippen molar-refractivity contribution in [3.8, 4) is 0 Å². The molecule has 1 amide bonds. The molecule has 1 fully saturated rings. The summed E-state index contributed by atoms with van der Waals surface area (Å²) >= 11 is 5.86. The summed E-state index contributed by atoms with van der Waals surface area (Å²) in [7, 11) is -4.29. The van der Waals surface area contributed by atoms with Crippen molar-refractivity contribution in [2.24, 2.45) is 0 Å². The van der Waals surface area contributed by atoms with Crippen LogP contribution in [0.25, 0.3) is 0 Å². The molecule has 172 valence electrons. The number of anilines is 1. The normalized spacial score (nSPS) is 14.7. The van der Waals surface area contributed by atoms with Crippen LogP contribution < -0.4 is 9.62 Å². The number of hydrogen-bond donors (Lipinski definition) is 1. The Kier molecular flexibility index (Phi) is 7.40. The zero-order chi connectivity index (χ0) is 23.5. The van der Waals surface area contributed by atoms with E-state index in [4.69, 9.17) is 11.6 Å². The van der Waals surface area contributed by atoms with Crippen molar-refractivity contribution in [3.05, 3.63) is 62.7 Å². The molecule has 0 aliphatic heterocycles. The number of aryl methyl sites for hydroxylation is 2. The summed E-state index contributed by atoms with van der Waals surface area (Å²) in [5, 5.41) is 14.1. The number of amides is 1. The molecule has 1 aliphatic carbocycles. The lowest BCUT2D eigenvalue weighted by molar-refractivity contribution is -0.384. The molecule has 0 unspecified atom stereocenters. The van der Waals surface area contributed by atoms with Crippen molar-refractivity contribution in [3.63, 3.8) is 0 Å². The van der Waals surface area contributed by atoms with E-state index in [2.05, 4.69) is 5.32 Å². The highest BCUT2D eigenvalue weighted by molar-refractivity contribution is 7.92. The van der Waals surface area contributed by atoms with E-state index in [1.807, 2.05) is 13.0 Å². The molecule has 2 aromatic carbocycles. The zero-order valence-corrected chi connectivity index (χ0v) is 19.6. The van der Waals surface area contributed by atoms with Gasteiger partial charge in [0.2, 0.25) is 5.91 Å². The fourth-order valence-electron chi connectivity index (χ4n) is 3.96. The molecule has 0 saturated heterocycles. The highest BCUT2D eigenvalue weighted by Crippen LogP contribution is 2.32. The van der Waals surface area contributed by atoms with E-state index in [1.165, 1.54) is 12.1 Å². The smallest absolute Gasteiger partial charge is 0.289 e. The van der Waals surface area contributed by atoms with Gasteiger partial charge in [0.1, 0.15) is 11.6 Å². The third-order valence-corrected chi connectivity index (χ3v) is 7.66. The van der Waals surface area contributed by atoms with Gasteiger partial charge in [0.05, 0.1) is 15.5 Å². The first-order valence-electron chi connectivity index (χ1n) is 10.4. The average Bonchev–Trinajstić information content (AvgIpc) is 2.73. The third kappa shape index (κ3) is 5.39. The van der Waals surface area contributed by atoms with Crippen LogP contribution in [0, 0.1) is 24.0 Å². The van der Waals surface area contributed by atoms with Crippen LogP contribution in [0.1, 0.15) is 43.2 Å². The van der Waals surface area contributed by atoms with Crippen molar-refractivity contribution in [2.75, 3.05) is 10.8 Å². The van der Waals surface area contributed by atoms with Crippen molar-refractivity contribution < 1.29 is 18.1 Å². The van der Waals surface area contributed by atoms with Gasteiger partial charge in [0, 0.05) is 12.1 Å². The molecule has 0 atom stereocenters. The molecule has 8 nitrogen and oxygen atoms in total. The maximum absolute atomic E-state index is 13.6. The fourth-order valence-corrected chi connectivity index (χ4v) is 5.65. The molecule has 0 bridgehead atoms. The zero-order valence-electron chi connectivity index (χ0n) is 18.0. The van der Waals surface area contributed by atoms with Gasteiger partial charge in [-0.05, 0) is 50.5 Å².